The Labute approximate surface area is 233 Å². The first-order chi connectivity index (χ1) is 19.4. The fraction of sp³-hybridized carbons (Fsp3) is 0.280. The van der Waals surface area contributed by atoms with Crippen LogP contribution < -0.4 is 11.1 Å². The number of nitro groups is 1. The molecule has 15 nitrogen and oxygen atoms in total. The highest BCUT2D eigenvalue weighted by atomic mass is 32.2. The summed E-state index contributed by atoms with van der Waals surface area (Å²) < 4.78 is 46.9. The number of ether oxygens (including phenoxy) is 3. The summed E-state index contributed by atoms with van der Waals surface area (Å²) in [4.78, 5) is 44.6. The molecule has 0 aliphatic carbocycles. The van der Waals surface area contributed by atoms with Gasteiger partial charge in [0.15, 0.2) is 18.4 Å². The Morgan fingerprint density at radius 1 is 0.951 bits per heavy atom. The molecule has 0 amide bonds. The van der Waals surface area contributed by atoms with E-state index in [0.717, 1.165) is 12.6 Å². The van der Waals surface area contributed by atoms with Gasteiger partial charge in [0.25, 0.3) is 10.1 Å². The van der Waals surface area contributed by atoms with Gasteiger partial charge in [-0.25, -0.2) is 19.6 Å². The van der Waals surface area contributed by atoms with E-state index in [4.69, 9.17) is 24.1 Å². The number of hydrogen-bond donors (Lipinski definition) is 2. The second-order valence-corrected chi connectivity index (χ2v) is 10.5. The number of hydrogen-bond acceptors (Lipinski definition) is 14. The highest BCUT2D eigenvalue weighted by molar-refractivity contribution is 7.86. The summed E-state index contributed by atoms with van der Waals surface area (Å²) in [6.45, 7) is 1.42. The third kappa shape index (κ3) is 7.10. The second-order valence-electron chi connectivity index (χ2n) is 8.86. The lowest BCUT2D eigenvalue weighted by molar-refractivity contribution is -0.383. The van der Waals surface area contributed by atoms with E-state index in [9.17, 15) is 28.1 Å². The van der Waals surface area contributed by atoms with Crippen LogP contribution in [0.25, 0.3) is 0 Å². The molecule has 3 aromatic rings. The van der Waals surface area contributed by atoms with Crippen LogP contribution in [0.5, 0.6) is 0 Å². The molecule has 1 aromatic heterocycles. The maximum absolute atomic E-state index is 13.2. The Hall–Kier alpha value is -4.67. The Morgan fingerprint density at radius 2 is 1.49 bits per heavy atom. The van der Waals surface area contributed by atoms with Crippen molar-refractivity contribution >= 4 is 39.4 Å². The van der Waals surface area contributed by atoms with Crippen LogP contribution in [0.2, 0.25) is 0 Å². The van der Waals surface area contributed by atoms with Crippen LogP contribution >= 0.6 is 0 Å². The molecule has 0 bridgehead atoms. The molecule has 5 atom stereocenters. The van der Waals surface area contributed by atoms with Crippen LogP contribution in [0.3, 0.4) is 0 Å². The van der Waals surface area contributed by atoms with Crippen LogP contribution in [-0.4, -0.2) is 72.1 Å². The number of nitrogen functional groups attached to an aromatic ring is 1. The van der Waals surface area contributed by atoms with E-state index in [-0.39, 0.29) is 11.1 Å². The zero-order valence-electron chi connectivity index (χ0n) is 21.6. The van der Waals surface area contributed by atoms with Crippen molar-refractivity contribution in [2.24, 2.45) is 0 Å². The average Bonchev–Trinajstić information content (AvgIpc) is 2.92. The lowest BCUT2D eigenvalue weighted by Crippen LogP contribution is -2.62. The smallest absolute Gasteiger partial charge is 0.353 e. The molecule has 41 heavy (non-hydrogen) atoms. The molecular weight excluding hydrogens is 562 g/mol. The van der Waals surface area contributed by atoms with E-state index in [1.54, 1.807) is 36.4 Å². The van der Waals surface area contributed by atoms with E-state index in [1.165, 1.54) is 31.2 Å². The number of carbonyl (C=O) groups excluding carboxylic acids is 2. The van der Waals surface area contributed by atoms with Gasteiger partial charge in [-0.05, 0) is 31.2 Å². The fourth-order valence-corrected chi connectivity index (χ4v) is 4.74. The summed E-state index contributed by atoms with van der Waals surface area (Å²) in [5.41, 5.74) is 5.21. The van der Waals surface area contributed by atoms with Crippen molar-refractivity contribution in [1.82, 2.24) is 9.97 Å². The molecule has 0 spiro atoms. The Bertz CT molecular complexity index is 1520. The Kier molecular flexibility index (Phi) is 8.75. The van der Waals surface area contributed by atoms with Crippen molar-refractivity contribution < 1.29 is 41.3 Å². The largest absolute Gasteiger partial charge is 0.452 e. The molecule has 216 valence electrons. The Morgan fingerprint density at radius 3 is 2.00 bits per heavy atom. The molecule has 3 N–H and O–H groups in total. The van der Waals surface area contributed by atoms with E-state index < -0.39 is 74.9 Å². The number of esters is 2. The summed E-state index contributed by atoms with van der Waals surface area (Å²) in [5.74, 6) is -2.63. The van der Waals surface area contributed by atoms with Crippen LogP contribution in [0.4, 0.5) is 17.3 Å². The topological polar surface area (TPSA) is 212 Å². The van der Waals surface area contributed by atoms with E-state index in [2.05, 4.69) is 15.3 Å². The maximum atomic E-state index is 13.2. The number of nitrogens with two attached hydrogens (primary N) is 1. The molecule has 1 aliphatic heterocycles. The quantitative estimate of drug-likeness (QED) is 0.158. The predicted molar refractivity (Wildman–Crippen MR) is 142 cm³/mol. The molecule has 0 saturated carbocycles. The van der Waals surface area contributed by atoms with E-state index >= 15 is 0 Å². The average molecular weight is 588 g/mol. The zero-order chi connectivity index (χ0) is 29.7. The van der Waals surface area contributed by atoms with Crippen molar-refractivity contribution in [3.8, 4) is 0 Å². The maximum Gasteiger partial charge on any atom is 0.353 e. The van der Waals surface area contributed by atoms with Gasteiger partial charge >= 0.3 is 17.6 Å². The van der Waals surface area contributed by atoms with Gasteiger partial charge < -0.3 is 25.3 Å². The molecule has 0 unspecified atom stereocenters. The highest BCUT2D eigenvalue weighted by Crippen LogP contribution is 2.33. The van der Waals surface area contributed by atoms with Gasteiger partial charge in [0.1, 0.15) is 12.4 Å². The Balaban J connectivity index is 1.79. The van der Waals surface area contributed by atoms with Gasteiger partial charge in [0.2, 0.25) is 11.6 Å². The number of aromatic nitrogens is 2. The van der Waals surface area contributed by atoms with Crippen molar-refractivity contribution in [1.29, 1.82) is 0 Å². The monoisotopic (exact) mass is 587 g/mol. The predicted octanol–water partition coefficient (Wildman–Crippen LogP) is 1.92. The molecule has 4 rings (SSSR count). The van der Waals surface area contributed by atoms with Crippen molar-refractivity contribution in [3.05, 3.63) is 88.2 Å². The molecule has 0 radical (unpaired) electrons. The highest BCUT2D eigenvalue weighted by Gasteiger charge is 2.51. The fourth-order valence-electron chi connectivity index (χ4n) is 4.07. The summed E-state index contributed by atoms with van der Waals surface area (Å²) in [6, 6.07) is 15.5. The third-order valence-corrected chi connectivity index (χ3v) is 6.44. The molecule has 1 aliphatic rings. The van der Waals surface area contributed by atoms with Gasteiger partial charge in [-0.15, -0.1) is 0 Å². The molecule has 1 fully saturated rings. The molecule has 2 heterocycles. The second kappa shape index (κ2) is 12.2. The summed E-state index contributed by atoms with van der Waals surface area (Å²) in [6.07, 6.45) is -5.55. The molecule has 2 aromatic carbocycles. The van der Waals surface area contributed by atoms with Gasteiger partial charge in [-0.3, -0.25) is 14.3 Å². The number of carbonyl (C=O) groups is 2. The van der Waals surface area contributed by atoms with Crippen LogP contribution in [0, 0.1) is 10.1 Å². The van der Waals surface area contributed by atoms with Crippen molar-refractivity contribution in [3.63, 3.8) is 0 Å². The lowest BCUT2D eigenvalue weighted by Gasteiger charge is -2.43. The normalized spacial score (nSPS) is 22.3. The standard InChI is InChI=1S/C25H25N5O10S/c1-14-18(40-41(2,35)36)19(38-24(31)15-9-5-3-6-10-15)20(39-25(32)16-11-7-4-8-12-16)23(37-14)29-22-17(30(33)34)21(26)27-13-28-22/h3-14,18-20,23H,1-2H3,(H3,26,27,28,29)/t14-,18+,19+,20-,23-/m0/s1. The molecular formula is C25H25N5O10S. The SMILES string of the molecule is C[C@@H]1O[C@H](Nc2ncnc(N)c2[N+](=O)[O-])[C@@H](OC(=O)c2ccccc2)[C@H](OC(=O)c2ccccc2)[C@@H]1OS(C)(=O)=O. The third-order valence-electron chi connectivity index (χ3n) is 5.87. The van der Waals surface area contributed by atoms with E-state index in [0.29, 0.717) is 0 Å². The molecule has 1 saturated heterocycles. The van der Waals surface area contributed by atoms with Crippen molar-refractivity contribution in [2.45, 2.75) is 37.6 Å². The van der Waals surface area contributed by atoms with E-state index in [1.807, 2.05) is 0 Å². The minimum atomic E-state index is -4.15. The first-order valence-electron chi connectivity index (χ1n) is 12.0. The van der Waals surface area contributed by atoms with Gasteiger partial charge in [0.05, 0.1) is 28.4 Å². The van der Waals surface area contributed by atoms with Crippen LogP contribution in [0.15, 0.2) is 67.0 Å². The zero-order valence-corrected chi connectivity index (χ0v) is 22.5. The van der Waals surface area contributed by atoms with Gasteiger partial charge in [-0.2, -0.15) is 8.42 Å². The minimum Gasteiger partial charge on any atom is -0.452 e. The van der Waals surface area contributed by atoms with Gasteiger partial charge in [0, 0.05) is 0 Å². The van der Waals surface area contributed by atoms with Gasteiger partial charge in [-0.1, -0.05) is 36.4 Å². The summed E-state index contributed by atoms with van der Waals surface area (Å²) in [7, 11) is -4.15. The number of nitrogens with one attached hydrogen (secondary N) is 1. The summed E-state index contributed by atoms with van der Waals surface area (Å²) >= 11 is 0. The van der Waals surface area contributed by atoms with Crippen molar-refractivity contribution in [2.75, 3.05) is 17.3 Å². The first kappa shape index (κ1) is 29.3. The first-order valence-corrected chi connectivity index (χ1v) is 13.8. The van der Waals surface area contributed by atoms with Crippen LogP contribution in [-0.2, 0) is 28.5 Å². The molecule has 16 heteroatoms. The number of rotatable bonds is 9. The number of nitrogens with zero attached hydrogens (tertiary/aromatic N) is 3. The number of anilines is 2. The van der Waals surface area contributed by atoms with Crippen LogP contribution in [0.1, 0.15) is 27.6 Å². The minimum absolute atomic E-state index is 0.107. The summed E-state index contributed by atoms with van der Waals surface area (Å²) in [5, 5.41) is 14.4. The number of benzene rings is 2. The lowest BCUT2D eigenvalue weighted by atomic mass is 9.98.